The van der Waals surface area contributed by atoms with Crippen molar-refractivity contribution in [3.63, 3.8) is 0 Å². The van der Waals surface area contributed by atoms with Crippen molar-refractivity contribution < 1.29 is 14.3 Å². The van der Waals surface area contributed by atoms with Gasteiger partial charge in [-0.25, -0.2) is 4.79 Å². The molecule has 0 spiro atoms. The van der Waals surface area contributed by atoms with Crippen LogP contribution in [-0.4, -0.2) is 11.1 Å². The normalized spacial score (nSPS) is 12.1. The molecule has 0 amide bonds. The van der Waals surface area contributed by atoms with E-state index in [9.17, 15) is 9.90 Å². The van der Waals surface area contributed by atoms with Gasteiger partial charge in [0.05, 0.1) is 5.02 Å². The van der Waals surface area contributed by atoms with Crippen LogP contribution in [0.3, 0.4) is 0 Å². The van der Waals surface area contributed by atoms with Gasteiger partial charge in [-0.3, -0.25) is 0 Å². The van der Waals surface area contributed by atoms with Gasteiger partial charge in [0.15, 0.2) is 0 Å². The highest BCUT2D eigenvalue weighted by atomic mass is 35.5. The molecule has 0 bridgehead atoms. The number of carboxylic acids is 1. The number of benzene rings is 1. The molecule has 0 fully saturated rings. The highest BCUT2D eigenvalue weighted by Crippen LogP contribution is 2.40. The van der Waals surface area contributed by atoms with E-state index in [1.807, 2.05) is 20.8 Å². The van der Waals surface area contributed by atoms with Crippen molar-refractivity contribution in [2.24, 2.45) is 0 Å². The van der Waals surface area contributed by atoms with Gasteiger partial charge in [-0.05, 0) is 11.5 Å². The first-order valence-electron chi connectivity index (χ1n) is 5.37. The Bertz CT molecular complexity index is 636. The van der Waals surface area contributed by atoms with Crippen molar-refractivity contribution in [1.82, 2.24) is 0 Å². The average molecular weight is 287 g/mol. The minimum absolute atomic E-state index is 0.0818. The number of hydrogen-bond donors (Lipinski definition) is 1. The van der Waals surface area contributed by atoms with Crippen molar-refractivity contribution in [2.45, 2.75) is 26.2 Å². The van der Waals surface area contributed by atoms with Crippen LogP contribution in [0.2, 0.25) is 10.0 Å². The van der Waals surface area contributed by atoms with Gasteiger partial charge in [0.25, 0.3) is 0 Å². The zero-order valence-corrected chi connectivity index (χ0v) is 11.7. The van der Waals surface area contributed by atoms with Gasteiger partial charge in [-0.15, -0.1) is 0 Å². The lowest BCUT2D eigenvalue weighted by atomic mass is 9.85. The Labute approximate surface area is 114 Å². The SMILES string of the molecule is CC(C)(C)c1c(C(=O)O)oc2cc(Cl)cc(Cl)c12. The second kappa shape index (κ2) is 4.18. The summed E-state index contributed by atoms with van der Waals surface area (Å²) >= 11 is 12.0. The third-order valence-corrected chi connectivity index (χ3v) is 3.17. The number of furan rings is 1. The minimum atomic E-state index is -1.11. The van der Waals surface area contributed by atoms with Crippen molar-refractivity contribution in [1.29, 1.82) is 0 Å². The zero-order chi connectivity index (χ0) is 13.7. The predicted molar refractivity (Wildman–Crippen MR) is 71.9 cm³/mol. The summed E-state index contributed by atoms with van der Waals surface area (Å²) in [5, 5.41) is 10.7. The molecule has 0 saturated carbocycles. The summed E-state index contributed by atoms with van der Waals surface area (Å²) in [6.07, 6.45) is 0. The van der Waals surface area contributed by atoms with Crippen molar-refractivity contribution in [2.75, 3.05) is 0 Å². The minimum Gasteiger partial charge on any atom is -0.475 e. The van der Waals surface area contributed by atoms with Crippen molar-refractivity contribution in [3.8, 4) is 0 Å². The standard InChI is InChI=1S/C13H12Cl2O3/c1-13(2,3)10-9-7(15)4-6(14)5-8(9)18-11(10)12(16)17/h4-5H,1-3H3,(H,16,17). The number of halogens is 2. The molecule has 0 radical (unpaired) electrons. The molecule has 0 aliphatic heterocycles. The third kappa shape index (κ3) is 2.08. The van der Waals surface area contributed by atoms with Gasteiger partial charge in [-0.1, -0.05) is 44.0 Å². The molecule has 1 aromatic heterocycles. The van der Waals surface area contributed by atoms with E-state index in [0.717, 1.165) is 0 Å². The number of carbonyl (C=O) groups is 1. The van der Waals surface area contributed by atoms with Crippen LogP contribution < -0.4 is 0 Å². The molecule has 96 valence electrons. The first-order chi connectivity index (χ1) is 8.21. The molecule has 2 aromatic rings. The Morgan fingerprint density at radius 2 is 1.89 bits per heavy atom. The smallest absolute Gasteiger partial charge is 0.372 e. The number of carboxylic acid groups (broad SMARTS) is 1. The highest BCUT2D eigenvalue weighted by Gasteiger charge is 2.30. The molecule has 0 unspecified atom stereocenters. The molecule has 5 heteroatoms. The maximum Gasteiger partial charge on any atom is 0.372 e. The molecular weight excluding hydrogens is 275 g/mol. The summed E-state index contributed by atoms with van der Waals surface area (Å²) in [6.45, 7) is 5.73. The fourth-order valence-electron chi connectivity index (χ4n) is 2.01. The number of hydrogen-bond acceptors (Lipinski definition) is 2. The van der Waals surface area contributed by atoms with E-state index in [1.54, 1.807) is 12.1 Å². The van der Waals surface area contributed by atoms with Crippen LogP contribution in [0.5, 0.6) is 0 Å². The summed E-state index contributed by atoms with van der Waals surface area (Å²) < 4.78 is 5.38. The topological polar surface area (TPSA) is 50.4 Å². The van der Waals surface area contributed by atoms with E-state index >= 15 is 0 Å². The summed E-state index contributed by atoms with van der Waals surface area (Å²) in [5.74, 6) is -1.19. The van der Waals surface area contributed by atoms with Crippen LogP contribution in [0.25, 0.3) is 11.0 Å². The van der Waals surface area contributed by atoms with Gasteiger partial charge in [-0.2, -0.15) is 0 Å². The molecule has 18 heavy (non-hydrogen) atoms. The van der Waals surface area contributed by atoms with Gasteiger partial charge < -0.3 is 9.52 Å². The Morgan fingerprint density at radius 3 is 2.39 bits per heavy atom. The van der Waals surface area contributed by atoms with Gasteiger partial charge in [0, 0.05) is 22.0 Å². The predicted octanol–water partition coefficient (Wildman–Crippen LogP) is 4.74. The number of aromatic carboxylic acids is 1. The zero-order valence-electron chi connectivity index (χ0n) is 10.2. The monoisotopic (exact) mass is 286 g/mol. The molecule has 1 N–H and O–H groups in total. The molecule has 1 aromatic carbocycles. The second-order valence-electron chi connectivity index (χ2n) is 5.12. The fourth-order valence-corrected chi connectivity index (χ4v) is 2.58. The Kier molecular flexibility index (Phi) is 3.07. The lowest BCUT2D eigenvalue weighted by Crippen LogP contribution is -2.15. The van der Waals surface area contributed by atoms with Gasteiger partial charge in [0.2, 0.25) is 5.76 Å². The molecule has 2 rings (SSSR count). The lowest BCUT2D eigenvalue weighted by Gasteiger charge is -2.18. The molecule has 3 nitrogen and oxygen atoms in total. The Balaban J connectivity index is 2.95. The molecule has 0 atom stereocenters. The van der Waals surface area contributed by atoms with E-state index in [1.165, 1.54) is 0 Å². The molecule has 0 aliphatic carbocycles. The molecule has 1 heterocycles. The van der Waals surface area contributed by atoms with Crippen LogP contribution >= 0.6 is 23.2 Å². The largest absolute Gasteiger partial charge is 0.475 e. The maximum absolute atomic E-state index is 11.3. The molecular formula is C13H12Cl2O3. The molecule has 0 aliphatic rings. The van der Waals surface area contributed by atoms with Gasteiger partial charge in [0.1, 0.15) is 5.58 Å². The van der Waals surface area contributed by atoms with Crippen molar-refractivity contribution >= 4 is 40.1 Å². The first-order valence-corrected chi connectivity index (χ1v) is 6.12. The summed E-state index contributed by atoms with van der Waals surface area (Å²) in [4.78, 5) is 11.3. The maximum atomic E-state index is 11.3. The number of rotatable bonds is 1. The first kappa shape index (κ1) is 13.2. The van der Waals surface area contributed by atoms with Crippen LogP contribution in [0.15, 0.2) is 16.5 Å². The number of fused-ring (bicyclic) bond motifs is 1. The van der Waals surface area contributed by atoms with Crippen LogP contribution in [-0.2, 0) is 5.41 Å². The highest BCUT2D eigenvalue weighted by molar-refractivity contribution is 6.38. The fraction of sp³-hybridized carbons (Fsp3) is 0.308. The van der Waals surface area contributed by atoms with Crippen LogP contribution in [0.1, 0.15) is 36.9 Å². The Hall–Kier alpha value is -1.19. The second-order valence-corrected chi connectivity index (χ2v) is 5.97. The summed E-state index contributed by atoms with van der Waals surface area (Å²) in [7, 11) is 0. The molecule has 0 saturated heterocycles. The quantitative estimate of drug-likeness (QED) is 0.824. The van der Waals surface area contributed by atoms with E-state index in [2.05, 4.69) is 0 Å². The summed E-state index contributed by atoms with van der Waals surface area (Å²) in [6, 6.07) is 3.16. The van der Waals surface area contributed by atoms with E-state index < -0.39 is 11.4 Å². The van der Waals surface area contributed by atoms with E-state index in [0.29, 0.717) is 26.6 Å². The third-order valence-electron chi connectivity index (χ3n) is 2.65. The van der Waals surface area contributed by atoms with E-state index in [4.69, 9.17) is 27.6 Å². The Morgan fingerprint density at radius 1 is 1.28 bits per heavy atom. The average Bonchev–Trinajstić information content (AvgIpc) is 2.55. The van der Waals surface area contributed by atoms with Crippen molar-refractivity contribution in [3.05, 3.63) is 33.5 Å². The van der Waals surface area contributed by atoms with Crippen LogP contribution in [0, 0.1) is 0 Å². The van der Waals surface area contributed by atoms with Crippen LogP contribution in [0.4, 0.5) is 0 Å². The lowest BCUT2D eigenvalue weighted by molar-refractivity contribution is 0.0661. The summed E-state index contributed by atoms with van der Waals surface area (Å²) in [5.41, 5.74) is 0.595. The van der Waals surface area contributed by atoms with E-state index in [-0.39, 0.29) is 5.76 Å². The van der Waals surface area contributed by atoms with Gasteiger partial charge >= 0.3 is 5.97 Å².